The Morgan fingerprint density at radius 1 is 1.15 bits per heavy atom. The Bertz CT molecular complexity index is 853. The Labute approximate surface area is 161 Å². The van der Waals surface area contributed by atoms with Crippen LogP contribution in [0.3, 0.4) is 0 Å². The van der Waals surface area contributed by atoms with Gasteiger partial charge in [-0.2, -0.15) is 5.26 Å². The highest BCUT2D eigenvalue weighted by atomic mass is 16.2. The molecule has 0 fully saturated rings. The first-order valence-corrected chi connectivity index (χ1v) is 9.02. The second-order valence-electron chi connectivity index (χ2n) is 6.50. The number of benzene rings is 2. The predicted molar refractivity (Wildman–Crippen MR) is 109 cm³/mol. The molecule has 0 radical (unpaired) electrons. The van der Waals surface area contributed by atoms with E-state index < -0.39 is 0 Å². The standard InChI is InChI=1S/C22H26N4O/c1-5-25(4)16-24-21-12-11-20(17(2)18(21)3)22(27)26(14-13-23)15-19-9-7-6-8-10-19/h6-12,16H,5,14-15H2,1-4H3. The summed E-state index contributed by atoms with van der Waals surface area (Å²) < 4.78 is 0. The lowest BCUT2D eigenvalue weighted by atomic mass is 10.0. The van der Waals surface area contributed by atoms with Crippen LogP contribution >= 0.6 is 0 Å². The monoisotopic (exact) mass is 362 g/mol. The molecule has 5 heteroatoms. The minimum Gasteiger partial charge on any atom is -0.366 e. The normalized spacial score (nSPS) is 10.6. The fourth-order valence-electron chi connectivity index (χ4n) is 2.68. The number of amides is 1. The fourth-order valence-corrected chi connectivity index (χ4v) is 2.68. The van der Waals surface area contributed by atoms with Gasteiger partial charge in [-0.25, -0.2) is 4.99 Å². The minimum atomic E-state index is -0.137. The molecule has 2 aromatic rings. The largest absolute Gasteiger partial charge is 0.366 e. The number of rotatable bonds is 7. The molecule has 0 aliphatic rings. The van der Waals surface area contributed by atoms with E-state index in [0.717, 1.165) is 28.9 Å². The highest BCUT2D eigenvalue weighted by molar-refractivity contribution is 5.96. The Hall–Kier alpha value is -3.13. The molecule has 0 saturated carbocycles. The summed E-state index contributed by atoms with van der Waals surface area (Å²) >= 11 is 0. The Kier molecular flexibility index (Phi) is 7.13. The molecule has 2 aromatic carbocycles. The first kappa shape index (κ1) is 20.2. The Morgan fingerprint density at radius 2 is 1.85 bits per heavy atom. The van der Waals surface area contributed by atoms with Crippen LogP contribution in [-0.2, 0) is 6.54 Å². The first-order chi connectivity index (χ1) is 13.0. The summed E-state index contributed by atoms with van der Waals surface area (Å²) in [6.45, 7) is 7.29. The zero-order chi connectivity index (χ0) is 19.8. The van der Waals surface area contributed by atoms with Crippen LogP contribution in [0.1, 0.15) is 34.0 Å². The number of nitrogens with zero attached hydrogens (tertiary/aromatic N) is 4. The number of hydrogen-bond donors (Lipinski definition) is 0. The minimum absolute atomic E-state index is 0.0490. The van der Waals surface area contributed by atoms with E-state index in [0.29, 0.717) is 12.1 Å². The van der Waals surface area contributed by atoms with Crippen LogP contribution in [0.2, 0.25) is 0 Å². The molecule has 0 atom stereocenters. The van der Waals surface area contributed by atoms with Gasteiger partial charge in [0.15, 0.2) is 0 Å². The summed E-state index contributed by atoms with van der Waals surface area (Å²) in [4.78, 5) is 21.1. The van der Waals surface area contributed by atoms with E-state index in [4.69, 9.17) is 5.26 Å². The maximum Gasteiger partial charge on any atom is 0.255 e. The van der Waals surface area contributed by atoms with Gasteiger partial charge in [-0.05, 0) is 49.6 Å². The molecular formula is C22H26N4O. The smallest absolute Gasteiger partial charge is 0.255 e. The SMILES string of the molecule is CCN(C)C=Nc1ccc(C(=O)N(CC#N)Cc2ccccc2)c(C)c1C. The van der Waals surface area contributed by atoms with Gasteiger partial charge in [0.2, 0.25) is 0 Å². The van der Waals surface area contributed by atoms with Crippen molar-refractivity contribution in [3.05, 3.63) is 64.7 Å². The lowest BCUT2D eigenvalue weighted by Gasteiger charge is -2.21. The third-order valence-corrected chi connectivity index (χ3v) is 4.65. The van der Waals surface area contributed by atoms with Crippen molar-refractivity contribution in [3.8, 4) is 6.07 Å². The molecule has 140 valence electrons. The molecule has 5 nitrogen and oxygen atoms in total. The maximum atomic E-state index is 13.1. The van der Waals surface area contributed by atoms with E-state index in [1.165, 1.54) is 0 Å². The van der Waals surface area contributed by atoms with Crippen molar-refractivity contribution in [2.75, 3.05) is 20.1 Å². The molecule has 2 rings (SSSR count). The van der Waals surface area contributed by atoms with Crippen molar-refractivity contribution in [1.82, 2.24) is 9.80 Å². The van der Waals surface area contributed by atoms with Crippen LogP contribution in [0.15, 0.2) is 47.5 Å². The molecule has 0 aliphatic heterocycles. The average molecular weight is 362 g/mol. The molecule has 27 heavy (non-hydrogen) atoms. The van der Waals surface area contributed by atoms with Crippen LogP contribution in [0.4, 0.5) is 5.69 Å². The van der Waals surface area contributed by atoms with Crippen molar-refractivity contribution in [2.24, 2.45) is 4.99 Å². The molecule has 0 bridgehead atoms. The quantitative estimate of drug-likeness (QED) is 0.424. The second kappa shape index (κ2) is 9.54. The van der Waals surface area contributed by atoms with E-state index in [1.807, 2.05) is 62.2 Å². The zero-order valence-corrected chi connectivity index (χ0v) is 16.4. The van der Waals surface area contributed by atoms with Gasteiger partial charge >= 0.3 is 0 Å². The van der Waals surface area contributed by atoms with E-state index in [9.17, 15) is 4.79 Å². The summed E-state index contributed by atoms with van der Waals surface area (Å²) in [5.41, 5.74) is 4.32. The molecule has 0 unspecified atom stereocenters. The van der Waals surface area contributed by atoms with Gasteiger partial charge in [0.1, 0.15) is 6.54 Å². The summed E-state index contributed by atoms with van der Waals surface area (Å²) in [7, 11) is 1.97. The molecule has 0 N–H and O–H groups in total. The average Bonchev–Trinajstić information content (AvgIpc) is 2.69. The third-order valence-electron chi connectivity index (χ3n) is 4.65. The number of aliphatic imine (C=N–C) groups is 1. The number of nitriles is 1. The summed E-state index contributed by atoms with van der Waals surface area (Å²) in [5.74, 6) is -0.137. The van der Waals surface area contributed by atoms with Crippen LogP contribution in [0, 0.1) is 25.2 Å². The second-order valence-corrected chi connectivity index (χ2v) is 6.50. The summed E-state index contributed by atoms with van der Waals surface area (Å²) in [5, 5.41) is 9.16. The van der Waals surface area contributed by atoms with Crippen molar-refractivity contribution in [2.45, 2.75) is 27.3 Å². The molecule has 0 heterocycles. The van der Waals surface area contributed by atoms with Crippen LogP contribution in [0.5, 0.6) is 0 Å². The van der Waals surface area contributed by atoms with Crippen molar-refractivity contribution < 1.29 is 4.79 Å². The molecule has 0 saturated heterocycles. The van der Waals surface area contributed by atoms with Gasteiger partial charge < -0.3 is 9.80 Å². The number of carbonyl (C=O) groups excluding carboxylic acids is 1. The molecule has 0 spiro atoms. The summed E-state index contributed by atoms with van der Waals surface area (Å²) in [6, 6.07) is 15.5. The zero-order valence-electron chi connectivity index (χ0n) is 16.4. The van der Waals surface area contributed by atoms with Gasteiger partial charge in [-0.3, -0.25) is 4.79 Å². The molecule has 1 amide bonds. The highest BCUT2D eigenvalue weighted by Gasteiger charge is 2.19. The molecule has 0 aromatic heterocycles. The van der Waals surface area contributed by atoms with Crippen molar-refractivity contribution in [3.63, 3.8) is 0 Å². The van der Waals surface area contributed by atoms with Crippen LogP contribution < -0.4 is 0 Å². The van der Waals surface area contributed by atoms with E-state index in [1.54, 1.807) is 17.3 Å². The van der Waals surface area contributed by atoms with Gasteiger partial charge in [-0.1, -0.05) is 30.3 Å². The van der Waals surface area contributed by atoms with Gasteiger partial charge in [0, 0.05) is 25.7 Å². The summed E-state index contributed by atoms with van der Waals surface area (Å²) in [6.07, 6.45) is 1.79. The van der Waals surface area contributed by atoms with Crippen molar-refractivity contribution >= 4 is 17.9 Å². The lowest BCUT2D eigenvalue weighted by Crippen LogP contribution is -2.31. The molecular weight excluding hydrogens is 336 g/mol. The third kappa shape index (κ3) is 5.18. The number of carbonyl (C=O) groups is 1. The van der Waals surface area contributed by atoms with Crippen LogP contribution in [-0.4, -0.2) is 42.2 Å². The van der Waals surface area contributed by atoms with Gasteiger partial charge in [0.05, 0.1) is 18.1 Å². The maximum absolute atomic E-state index is 13.1. The highest BCUT2D eigenvalue weighted by Crippen LogP contribution is 2.26. The Morgan fingerprint density at radius 3 is 2.48 bits per heavy atom. The van der Waals surface area contributed by atoms with Gasteiger partial charge in [0.25, 0.3) is 5.91 Å². The first-order valence-electron chi connectivity index (χ1n) is 9.02. The fraction of sp³-hybridized carbons (Fsp3) is 0.318. The Balaban J connectivity index is 2.29. The molecule has 0 aliphatic carbocycles. The van der Waals surface area contributed by atoms with Gasteiger partial charge in [-0.15, -0.1) is 0 Å². The van der Waals surface area contributed by atoms with E-state index in [2.05, 4.69) is 18.0 Å². The van der Waals surface area contributed by atoms with E-state index in [-0.39, 0.29) is 12.5 Å². The lowest BCUT2D eigenvalue weighted by molar-refractivity contribution is 0.0764. The topological polar surface area (TPSA) is 59.7 Å². The van der Waals surface area contributed by atoms with Crippen molar-refractivity contribution in [1.29, 1.82) is 5.26 Å². The van der Waals surface area contributed by atoms with Crippen LogP contribution in [0.25, 0.3) is 0 Å². The number of hydrogen-bond acceptors (Lipinski definition) is 3. The predicted octanol–water partition coefficient (Wildman–Crippen LogP) is 4.08. The van der Waals surface area contributed by atoms with E-state index >= 15 is 0 Å².